The first-order valence-electron chi connectivity index (χ1n) is 10.2. The van der Waals surface area contributed by atoms with E-state index in [0.29, 0.717) is 0 Å². The number of rotatable bonds is 9. The van der Waals surface area contributed by atoms with Crippen molar-refractivity contribution in [2.24, 2.45) is 0 Å². The summed E-state index contributed by atoms with van der Waals surface area (Å²) in [5, 5.41) is 2.71. The predicted octanol–water partition coefficient (Wildman–Crippen LogP) is 3.34. The van der Waals surface area contributed by atoms with Gasteiger partial charge < -0.3 is 10.1 Å². The molecule has 0 heterocycles. The van der Waals surface area contributed by atoms with Crippen LogP contribution in [0.1, 0.15) is 23.5 Å². The van der Waals surface area contributed by atoms with Crippen molar-refractivity contribution in [1.82, 2.24) is 5.32 Å². The smallest absolute Gasteiger partial charge is 0.328 e. The van der Waals surface area contributed by atoms with Crippen molar-refractivity contribution in [3.8, 4) is 0 Å². The number of ether oxygens (including phenoxy) is 1. The summed E-state index contributed by atoms with van der Waals surface area (Å²) >= 11 is 0. The lowest BCUT2D eigenvalue weighted by Crippen LogP contribution is -2.44. The second kappa shape index (κ2) is 10.7. The molecule has 0 radical (unpaired) electrons. The fourth-order valence-corrected chi connectivity index (χ4v) is 4.80. The minimum atomic E-state index is -3.62. The fourth-order valence-electron chi connectivity index (χ4n) is 3.45. The first kappa shape index (κ1) is 23.2. The Kier molecular flexibility index (Phi) is 7.78. The van der Waals surface area contributed by atoms with E-state index in [1.165, 1.54) is 19.2 Å². The molecular weight excluding hydrogens is 426 g/mol. The highest BCUT2D eigenvalue weighted by Crippen LogP contribution is 2.25. The lowest BCUT2D eigenvalue weighted by molar-refractivity contribution is -0.145. The average Bonchev–Trinajstić information content (AvgIpc) is 2.83. The number of carbonyl (C=O) groups is 2. The van der Waals surface area contributed by atoms with E-state index in [4.69, 9.17) is 4.74 Å². The van der Waals surface area contributed by atoms with Crippen LogP contribution in [-0.2, 0) is 24.2 Å². The van der Waals surface area contributed by atoms with E-state index in [2.05, 4.69) is 5.32 Å². The second-order valence-corrected chi connectivity index (χ2v) is 9.37. The summed E-state index contributed by atoms with van der Waals surface area (Å²) in [6.07, 6.45) is -0.105. The third-order valence-corrected chi connectivity index (χ3v) is 6.87. The Balaban J connectivity index is 1.82. The van der Waals surface area contributed by atoms with Crippen molar-refractivity contribution < 1.29 is 22.7 Å². The minimum Gasteiger partial charge on any atom is -0.467 e. The lowest BCUT2D eigenvalue weighted by Gasteiger charge is -2.22. The first-order chi connectivity index (χ1) is 15.4. The van der Waals surface area contributed by atoms with Crippen LogP contribution < -0.4 is 5.32 Å². The molecule has 0 aliphatic carbocycles. The van der Waals surface area contributed by atoms with Gasteiger partial charge in [-0.15, -0.1) is 0 Å². The molecule has 0 fully saturated rings. The molecule has 0 saturated carbocycles. The summed E-state index contributed by atoms with van der Waals surface area (Å²) < 4.78 is 30.1. The molecular formula is C25H25NO5S. The van der Waals surface area contributed by atoms with Crippen LogP contribution in [0, 0.1) is 0 Å². The van der Waals surface area contributed by atoms with Crippen LogP contribution in [0.5, 0.6) is 0 Å². The van der Waals surface area contributed by atoms with Gasteiger partial charge in [-0.2, -0.15) is 0 Å². The summed E-state index contributed by atoms with van der Waals surface area (Å²) in [4.78, 5) is 25.8. The molecule has 0 saturated heterocycles. The highest BCUT2D eigenvalue weighted by atomic mass is 32.2. The van der Waals surface area contributed by atoms with Gasteiger partial charge in [0.1, 0.15) is 6.04 Å². The molecule has 166 valence electrons. The Hall–Kier alpha value is -3.45. The maximum absolute atomic E-state index is 13.3. The third kappa shape index (κ3) is 5.82. The Morgan fingerprint density at radius 1 is 0.812 bits per heavy atom. The van der Waals surface area contributed by atoms with E-state index in [0.717, 1.165) is 11.1 Å². The van der Waals surface area contributed by atoms with Crippen LogP contribution >= 0.6 is 0 Å². The number of hydrogen-bond donors (Lipinski definition) is 1. The Bertz CT molecular complexity index is 1090. The van der Waals surface area contributed by atoms with Crippen molar-refractivity contribution in [3.63, 3.8) is 0 Å². The maximum atomic E-state index is 13.3. The molecule has 0 bridgehead atoms. The molecule has 0 aromatic heterocycles. The number of sulfone groups is 1. The molecule has 0 aliphatic heterocycles. The van der Waals surface area contributed by atoms with E-state index >= 15 is 0 Å². The maximum Gasteiger partial charge on any atom is 0.328 e. The molecule has 3 rings (SSSR count). The van der Waals surface area contributed by atoms with E-state index in [1.54, 1.807) is 18.2 Å². The molecule has 0 spiro atoms. The van der Waals surface area contributed by atoms with Crippen LogP contribution in [-0.4, -0.2) is 39.2 Å². The van der Waals surface area contributed by atoms with Crippen molar-refractivity contribution in [2.75, 3.05) is 12.9 Å². The molecule has 0 unspecified atom stereocenters. The summed E-state index contributed by atoms with van der Waals surface area (Å²) in [5.41, 5.74) is 1.52. The van der Waals surface area contributed by atoms with Crippen LogP contribution in [0.25, 0.3) is 0 Å². The molecule has 6 nitrogen and oxygen atoms in total. The van der Waals surface area contributed by atoms with E-state index in [-0.39, 0.29) is 17.1 Å². The first-order valence-corrected chi connectivity index (χ1v) is 11.8. The molecule has 3 aromatic carbocycles. The number of benzene rings is 3. The van der Waals surface area contributed by atoms with Crippen LogP contribution in [0.2, 0.25) is 0 Å². The minimum absolute atomic E-state index is 0.105. The Morgan fingerprint density at radius 3 is 1.75 bits per heavy atom. The zero-order chi connectivity index (χ0) is 23.0. The van der Waals surface area contributed by atoms with Crippen LogP contribution in [0.3, 0.4) is 0 Å². The van der Waals surface area contributed by atoms with E-state index in [1.807, 2.05) is 60.7 Å². The van der Waals surface area contributed by atoms with Gasteiger partial charge in [0.15, 0.2) is 9.84 Å². The third-order valence-electron chi connectivity index (χ3n) is 5.11. The number of esters is 1. The van der Waals surface area contributed by atoms with Gasteiger partial charge in [-0.3, -0.25) is 4.79 Å². The highest BCUT2D eigenvalue weighted by molar-refractivity contribution is 7.91. The summed E-state index contributed by atoms with van der Waals surface area (Å²) in [6.45, 7) is 0. The fraction of sp³-hybridized carbons (Fsp3) is 0.200. The van der Waals surface area contributed by atoms with Crippen LogP contribution in [0.15, 0.2) is 95.9 Å². The number of hydrogen-bond acceptors (Lipinski definition) is 5. The molecule has 1 atom stereocenters. The number of nitrogens with one attached hydrogen (secondary N) is 1. The molecule has 32 heavy (non-hydrogen) atoms. The number of methoxy groups -OCH3 is 1. The van der Waals surface area contributed by atoms with Gasteiger partial charge >= 0.3 is 5.97 Å². The number of carbonyl (C=O) groups excluding carboxylic acids is 2. The van der Waals surface area contributed by atoms with Gasteiger partial charge in [0.2, 0.25) is 5.91 Å². The van der Waals surface area contributed by atoms with Crippen molar-refractivity contribution in [3.05, 3.63) is 102 Å². The van der Waals surface area contributed by atoms with E-state index < -0.39 is 33.7 Å². The molecule has 1 amide bonds. The normalized spacial score (nSPS) is 12.2. The average molecular weight is 452 g/mol. The van der Waals surface area contributed by atoms with E-state index in [9.17, 15) is 18.0 Å². The van der Waals surface area contributed by atoms with Gasteiger partial charge in [-0.05, 0) is 29.7 Å². The summed E-state index contributed by atoms with van der Waals surface area (Å²) in [7, 11) is -2.41. The van der Waals surface area contributed by atoms with Crippen molar-refractivity contribution >= 4 is 21.7 Å². The predicted molar refractivity (Wildman–Crippen MR) is 122 cm³/mol. The van der Waals surface area contributed by atoms with Crippen molar-refractivity contribution in [2.45, 2.75) is 23.3 Å². The monoisotopic (exact) mass is 451 g/mol. The lowest BCUT2D eigenvalue weighted by atomic mass is 9.90. The van der Waals surface area contributed by atoms with Gasteiger partial charge in [-0.1, -0.05) is 78.9 Å². The van der Waals surface area contributed by atoms with Gasteiger partial charge in [-0.25, -0.2) is 13.2 Å². The molecule has 1 N–H and O–H groups in total. The van der Waals surface area contributed by atoms with Gasteiger partial charge in [0.05, 0.1) is 23.7 Å². The van der Waals surface area contributed by atoms with Crippen molar-refractivity contribution in [1.29, 1.82) is 0 Å². The summed E-state index contributed by atoms with van der Waals surface area (Å²) in [6, 6.07) is 25.3. The Labute approximate surface area is 188 Å². The largest absolute Gasteiger partial charge is 0.467 e. The SMILES string of the molecule is COC(=O)[C@@H](CCS(=O)(=O)c1ccccc1)NC(=O)C(c1ccccc1)c1ccccc1. The highest BCUT2D eigenvalue weighted by Gasteiger charge is 2.29. The summed E-state index contributed by atoms with van der Waals surface area (Å²) in [5.74, 6) is -2.06. The molecule has 3 aromatic rings. The molecule has 7 heteroatoms. The van der Waals surface area contributed by atoms with Crippen LogP contribution in [0.4, 0.5) is 0 Å². The zero-order valence-corrected chi connectivity index (χ0v) is 18.5. The standard InChI is InChI=1S/C25H25NO5S/c1-31-25(28)22(17-18-32(29,30)21-15-9-4-10-16-21)26-24(27)23(19-11-5-2-6-12-19)20-13-7-3-8-14-20/h2-16,22-23H,17-18H2,1H3,(H,26,27)/t22-/m1/s1. The quantitative estimate of drug-likeness (QED) is 0.504. The zero-order valence-electron chi connectivity index (χ0n) is 17.7. The second-order valence-electron chi connectivity index (χ2n) is 7.26. The van der Waals surface area contributed by atoms with Gasteiger partial charge in [0.25, 0.3) is 0 Å². The topological polar surface area (TPSA) is 89.5 Å². The Morgan fingerprint density at radius 2 is 1.28 bits per heavy atom. The number of amides is 1. The van der Waals surface area contributed by atoms with Gasteiger partial charge in [0, 0.05) is 0 Å². The molecule has 0 aliphatic rings.